The second kappa shape index (κ2) is 18.6. The van der Waals surface area contributed by atoms with Gasteiger partial charge in [0.05, 0.1) is 0 Å². The van der Waals surface area contributed by atoms with Crippen molar-refractivity contribution in [3.05, 3.63) is 0 Å². The van der Waals surface area contributed by atoms with Crippen LogP contribution in [0, 0.1) is 17.8 Å². The molecule has 0 heterocycles. The van der Waals surface area contributed by atoms with Gasteiger partial charge in [0.1, 0.15) is 0 Å². The molecule has 0 atom stereocenters. The van der Waals surface area contributed by atoms with E-state index in [1.807, 2.05) is 0 Å². The lowest BCUT2D eigenvalue weighted by molar-refractivity contribution is -0.154. The first-order valence-electron chi connectivity index (χ1n) is 23.0. The van der Waals surface area contributed by atoms with Crippen molar-refractivity contribution in [1.82, 2.24) is 14.7 Å². The summed E-state index contributed by atoms with van der Waals surface area (Å²) in [4.78, 5) is 53.0. The molecule has 6 heteroatoms. The van der Waals surface area contributed by atoms with Crippen LogP contribution in [-0.2, 0) is 14.4 Å². The maximum atomic E-state index is 15.3. The van der Waals surface area contributed by atoms with Crippen molar-refractivity contribution in [1.29, 1.82) is 0 Å². The highest BCUT2D eigenvalue weighted by atomic mass is 16.2. The fourth-order valence-electron chi connectivity index (χ4n) is 12.7. The number of hydrogen-bond donors (Lipinski definition) is 0. The van der Waals surface area contributed by atoms with E-state index in [2.05, 4.69) is 14.7 Å². The van der Waals surface area contributed by atoms with Crippen molar-refractivity contribution in [2.24, 2.45) is 17.8 Å². The van der Waals surface area contributed by atoms with Crippen molar-refractivity contribution < 1.29 is 14.4 Å². The average molecular weight is 706 g/mol. The average Bonchev–Trinajstić information content (AvgIpc) is 3.20. The van der Waals surface area contributed by atoms with Crippen molar-refractivity contribution in [2.45, 2.75) is 248 Å². The molecule has 288 valence electrons. The van der Waals surface area contributed by atoms with E-state index in [1.54, 1.807) is 0 Å². The van der Waals surface area contributed by atoms with Gasteiger partial charge in [0.15, 0.2) is 0 Å². The van der Waals surface area contributed by atoms with Crippen molar-refractivity contribution in [2.75, 3.05) is 0 Å². The minimum atomic E-state index is -0.204. The van der Waals surface area contributed by atoms with Crippen molar-refractivity contribution >= 4 is 17.7 Å². The van der Waals surface area contributed by atoms with E-state index in [4.69, 9.17) is 0 Å². The monoisotopic (exact) mass is 706 g/mol. The number of carbonyl (C=O) groups excluding carboxylic acids is 3. The third kappa shape index (κ3) is 9.21. The SMILES string of the molecule is O=C(C1CC(C(=O)N(C2CCCCC2)C2CCCCC2)CC(C(=O)N(C2CCCCC2)C2CCCCC2)C1)N(C1CCCCC1)C1CCCCC1. The molecule has 7 saturated carbocycles. The lowest BCUT2D eigenvalue weighted by Gasteiger charge is -2.48. The lowest BCUT2D eigenvalue weighted by atomic mass is 9.72. The molecular weight excluding hydrogens is 631 g/mol. The summed E-state index contributed by atoms with van der Waals surface area (Å²) in [6, 6.07) is 2.09. The Bertz CT molecular complexity index is 908. The van der Waals surface area contributed by atoms with Gasteiger partial charge in [-0.1, -0.05) is 116 Å². The summed E-state index contributed by atoms with van der Waals surface area (Å²) < 4.78 is 0. The van der Waals surface area contributed by atoms with E-state index in [0.29, 0.717) is 73.2 Å². The fraction of sp³-hybridized carbons (Fsp3) is 0.933. The van der Waals surface area contributed by atoms with Gasteiger partial charge in [-0.2, -0.15) is 0 Å². The topological polar surface area (TPSA) is 60.9 Å². The maximum Gasteiger partial charge on any atom is 0.226 e. The van der Waals surface area contributed by atoms with Gasteiger partial charge in [-0.15, -0.1) is 0 Å². The first kappa shape index (κ1) is 37.7. The van der Waals surface area contributed by atoms with Crippen LogP contribution in [0.5, 0.6) is 0 Å². The highest BCUT2D eigenvalue weighted by Crippen LogP contribution is 2.43. The van der Waals surface area contributed by atoms with Crippen LogP contribution < -0.4 is 0 Å². The Kier molecular flexibility index (Phi) is 13.8. The highest BCUT2D eigenvalue weighted by molar-refractivity contribution is 5.87. The molecule has 0 aromatic heterocycles. The summed E-state index contributed by atoms with van der Waals surface area (Å²) in [7, 11) is 0. The molecule has 6 nitrogen and oxygen atoms in total. The lowest BCUT2D eigenvalue weighted by Crippen LogP contribution is -2.56. The molecule has 0 radical (unpaired) electrons. The molecule has 0 bridgehead atoms. The molecule has 0 aromatic carbocycles. The summed E-state index contributed by atoms with van der Waals surface area (Å²) in [6.07, 6.45) is 38.0. The van der Waals surface area contributed by atoms with Crippen molar-refractivity contribution in [3.63, 3.8) is 0 Å². The van der Waals surface area contributed by atoms with Crippen LogP contribution in [0.2, 0.25) is 0 Å². The standard InChI is InChI=1S/C45H75N3O3/c49-43(46(37-19-7-1-8-20-37)38-21-9-2-10-22-38)34-31-35(44(50)47(39-23-11-3-12-24-39)40-25-13-4-14-26-40)33-36(32-34)45(51)48(41-27-15-5-16-28-41)42-29-17-6-18-30-42/h34-42H,1-33H2. The number of hydrogen-bond acceptors (Lipinski definition) is 3. The second-order valence-corrected chi connectivity index (χ2v) is 18.8. The predicted octanol–water partition coefficient (Wildman–Crippen LogP) is 10.5. The van der Waals surface area contributed by atoms with Crippen LogP contribution >= 0.6 is 0 Å². The molecule has 7 aliphatic rings. The van der Waals surface area contributed by atoms with E-state index in [9.17, 15) is 0 Å². The third-order valence-electron chi connectivity index (χ3n) is 15.3. The zero-order valence-electron chi connectivity index (χ0n) is 32.6. The Balaban J connectivity index is 1.20. The number of amides is 3. The van der Waals surface area contributed by atoms with Crippen LogP contribution in [0.15, 0.2) is 0 Å². The molecule has 7 aliphatic carbocycles. The number of carbonyl (C=O) groups is 3. The van der Waals surface area contributed by atoms with Gasteiger partial charge in [-0.25, -0.2) is 0 Å². The Morgan fingerprint density at radius 3 is 0.569 bits per heavy atom. The summed E-state index contributed by atoms with van der Waals surface area (Å²) in [5.74, 6) is 0.368. The van der Waals surface area contributed by atoms with Gasteiger partial charge >= 0.3 is 0 Å². The summed E-state index contributed by atoms with van der Waals surface area (Å²) in [5.41, 5.74) is 0. The largest absolute Gasteiger partial charge is 0.336 e. The van der Waals surface area contributed by atoms with Gasteiger partial charge < -0.3 is 14.7 Å². The molecule has 0 spiro atoms. The molecule has 0 saturated heterocycles. The summed E-state index contributed by atoms with van der Waals surface area (Å²) in [5, 5.41) is 0. The van der Waals surface area contributed by atoms with Crippen LogP contribution in [-0.4, -0.2) is 68.7 Å². The van der Waals surface area contributed by atoms with Gasteiger partial charge in [-0.05, 0) is 96.3 Å². The highest BCUT2D eigenvalue weighted by Gasteiger charge is 2.47. The van der Waals surface area contributed by atoms with Gasteiger partial charge in [0.2, 0.25) is 17.7 Å². The van der Waals surface area contributed by atoms with E-state index in [-0.39, 0.29) is 17.8 Å². The van der Waals surface area contributed by atoms with Crippen LogP contribution in [0.3, 0.4) is 0 Å². The second-order valence-electron chi connectivity index (χ2n) is 18.8. The molecule has 0 unspecified atom stereocenters. The maximum absolute atomic E-state index is 15.3. The summed E-state index contributed by atoms with van der Waals surface area (Å²) in [6.45, 7) is 0. The van der Waals surface area contributed by atoms with Crippen LogP contribution in [0.4, 0.5) is 0 Å². The van der Waals surface area contributed by atoms with Gasteiger partial charge in [0.25, 0.3) is 0 Å². The van der Waals surface area contributed by atoms with Gasteiger partial charge in [-0.3, -0.25) is 14.4 Å². The van der Waals surface area contributed by atoms with E-state index in [0.717, 1.165) is 77.0 Å². The normalized spacial score (nSPS) is 30.5. The third-order valence-corrected chi connectivity index (χ3v) is 15.3. The molecule has 0 aromatic rings. The number of rotatable bonds is 9. The summed E-state index contributed by atoms with van der Waals surface area (Å²) >= 11 is 0. The Morgan fingerprint density at radius 2 is 0.412 bits per heavy atom. The first-order chi connectivity index (χ1) is 25.1. The van der Waals surface area contributed by atoms with Crippen LogP contribution in [0.1, 0.15) is 212 Å². The quantitative estimate of drug-likeness (QED) is 0.240. The van der Waals surface area contributed by atoms with Crippen molar-refractivity contribution in [3.8, 4) is 0 Å². The Labute approximate surface area is 312 Å². The zero-order valence-corrected chi connectivity index (χ0v) is 32.6. The molecular formula is C45H75N3O3. The Morgan fingerprint density at radius 1 is 0.255 bits per heavy atom. The number of nitrogens with zero attached hydrogens (tertiary/aromatic N) is 3. The zero-order chi connectivity index (χ0) is 35.0. The van der Waals surface area contributed by atoms with Crippen LogP contribution in [0.25, 0.3) is 0 Å². The smallest absolute Gasteiger partial charge is 0.226 e. The molecule has 0 aliphatic heterocycles. The fourth-order valence-corrected chi connectivity index (χ4v) is 12.7. The first-order valence-corrected chi connectivity index (χ1v) is 23.0. The molecule has 0 N–H and O–H groups in total. The molecule has 51 heavy (non-hydrogen) atoms. The molecule has 7 rings (SSSR count). The predicted molar refractivity (Wildman–Crippen MR) is 206 cm³/mol. The van der Waals surface area contributed by atoms with E-state index >= 15 is 14.4 Å². The van der Waals surface area contributed by atoms with E-state index in [1.165, 1.54) is 116 Å². The molecule has 3 amide bonds. The molecule has 7 fully saturated rings. The Hall–Kier alpha value is -1.59. The minimum Gasteiger partial charge on any atom is -0.336 e. The van der Waals surface area contributed by atoms with Gasteiger partial charge in [0, 0.05) is 54.0 Å². The minimum absolute atomic E-state index is 0.204. The van der Waals surface area contributed by atoms with E-state index < -0.39 is 0 Å².